The molecule has 0 saturated heterocycles. The molecule has 0 aliphatic carbocycles. The summed E-state index contributed by atoms with van der Waals surface area (Å²) in [5.74, 6) is 0.508. The van der Waals surface area contributed by atoms with Crippen molar-refractivity contribution >= 4 is 11.3 Å². The van der Waals surface area contributed by atoms with Crippen LogP contribution in [0, 0.1) is 12.8 Å². The predicted molar refractivity (Wildman–Crippen MR) is 70.2 cm³/mol. The molecule has 1 atom stereocenters. The van der Waals surface area contributed by atoms with Crippen molar-refractivity contribution in [3.05, 3.63) is 16.1 Å². The fourth-order valence-electron chi connectivity index (χ4n) is 1.35. The number of nitrogens with zero attached hydrogens (tertiary/aromatic N) is 1. The van der Waals surface area contributed by atoms with Crippen molar-refractivity contribution < 1.29 is 9.84 Å². The van der Waals surface area contributed by atoms with E-state index in [1.807, 2.05) is 12.3 Å². The van der Waals surface area contributed by atoms with Gasteiger partial charge in [-0.3, -0.25) is 0 Å². The van der Waals surface area contributed by atoms with Crippen molar-refractivity contribution in [2.75, 3.05) is 19.8 Å². The molecular weight excluding hydrogens is 236 g/mol. The third-order valence-electron chi connectivity index (χ3n) is 2.11. The topological polar surface area (TPSA) is 54.4 Å². The third-order valence-corrected chi connectivity index (χ3v) is 2.94. The first-order valence-electron chi connectivity index (χ1n) is 5.95. The number of nitrogens with one attached hydrogen (secondary N) is 1. The van der Waals surface area contributed by atoms with Gasteiger partial charge in [-0.25, -0.2) is 4.98 Å². The highest BCUT2D eigenvalue weighted by Crippen LogP contribution is 2.07. The number of aryl methyl sites for hydroxylation is 1. The van der Waals surface area contributed by atoms with Gasteiger partial charge in [-0.15, -0.1) is 11.3 Å². The molecule has 4 nitrogen and oxygen atoms in total. The van der Waals surface area contributed by atoms with E-state index in [0.717, 1.165) is 10.7 Å². The van der Waals surface area contributed by atoms with Crippen molar-refractivity contribution in [3.8, 4) is 0 Å². The summed E-state index contributed by atoms with van der Waals surface area (Å²) >= 11 is 1.64. The average Bonchev–Trinajstić information content (AvgIpc) is 2.63. The van der Waals surface area contributed by atoms with E-state index in [2.05, 4.69) is 24.1 Å². The van der Waals surface area contributed by atoms with Crippen LogP contribution in [0.4, 0.5) is 0 Å². The van der Waals surface area contributed by atoms with E-state index in [1.54, 1.807) is 11.3 Å². The van der Waals surface area contributed by atoms with E-state index in [-0.39, 0.29) is 0 Å². The molecular formula is C12H22N2O2S. The maximum Gasteiger partial charge on any atom is 0.0897 e. The Morgan fingerprint density at radius 2 is 2.24 bits per heavy atom. The molecule has 2 N–H and O–H groups in total. The summed E-state index contributed by atoms with van der Waals surface area (Å²) in [6, 6.07) is 0. The first-order chi connectivity index (χ1) is 8.08. The van der Waals surface area contributed by atoms with Gasteiger partial charge in [-0.05, 0) is 12.8 Å². The van der Waals surface area contributed by atoms with Crippen LogP contribution < -0.4 is 5.32 Å². The van der Waals surface area contributed by atoms with E-state index in [4.69, 9.17) is 4.74 Å². The van der Waals surface area contributed by atoms with Gasteiger partial charge in [0.15, 0.2) is 0 Å². The zero-order valence-corrected chi connectivity index (χ0v) is 11.6. The summed E-state index contributed by atoms with van der Waals surface area (Å²) < 4.78 is 5.36. The molecule has 1 aromatic rings. The number of hydrogen-bond acceptors (Lipinski definition) is 5. The van der Waals surface area contributed by atoms with Crippen LogP contribution >= 0.6 is 11.3 Å². The van der Waals surface area contributed by atoms with E-state index in [0.29, 0.717) is 32.2 Å². The van der Waals surface area contributed by atoms with Crippen LogP contribution in [0.15, 0.2) is 5.38 Å². The number of thiazole rings is 1. The maximum atomic E-state index is 9.64. The van der Waals surface area contributed by atoms with E-state index < -0.39 is 6.10 Å². The van der Waals surface area contributed by atoms with Crippen molar-refractivity contribution in [3.63, 3.8) is 0 Å². The van der Waals surface area contributed by atoms with Gasteiger partial charge in [-0.1, -0.05) is 13.8 Å². The zero-order chi connectivity index (χ0) is 12.7. The molecule has 0 aliphatic rings. The average molecular weight is 258 g/mol. The van der Waals surface area contributed by atoms with Gasteiger partial charge in [0.2, 0.25) is 0 Å². The predicted octanol–water partition coefficient (Wildman–Crippen LogP) is 1.57. The molecule has 1 heterocycles. The Balaban J connectivity index is 2.05. The Hall–Kier alpha value is -0.490. The SMILES string of the molecule is Cc1nc(CNCC(O)COCC(C)C)cs1. The van der Waals surface area contributed by atoms with Crippen LogP contribution in [-0.4, -0.2) is 36.0 Å². The highest BCUT2D eigenvalue weighted by molar-refractivity contribution is 7.09. The van der Waals surface area contributed by atoms with Gasteiger partial charge in [0.05, 0.1) is 23.4 Å². The lowest BCUT2D eigenvalue weighted by Crippen LogP contribution is -2.30. The molecule has 1 aromatic heterocycles. The van der Waals surface area contributed by atoms with Crippen LogP contribution in [0.25, 0.3) is 0 Å². The second-order valence-corrected chi connectivity index (χ2v) is 5.64. The lowest BCUT2D eigenvalue weighted by molar-refractivity contribution is 0.0260. The van der Waals surface area contributed by atoms with Gasteiger partial charge in [-0.2, -0.15) is 0 Å². The Labute approximate surface area is 107 Å². The molecule has 0 fully saturated rings. The monoisotopic (exact) mass is 258 g/mol. The van der Waals surface area contributed by atoms with Gasteiger partial charge in [0, 0.05) is 25.1 Å². The maximum absolute atomic E-state index is 9.64. The molecule has 5 heteroatoms. The fourth-order valence-corrected chi connectivity index (χ4v) is 1.97. The van der Waals surface area contributed by atoms with Gasteiger partial charge >= 0.3 is 0 Å². The second kappa shape index (κ2) is 7.76. The van der Waals surface area contributed by atoms with E-state index in [9.17, 15) is 5.11 Å². The number of aromatic nitrogens is 1. The number of rotatable bonds is 8. The Kier molecular flexibility index (Phi) is 6.65. The van der Waals surface area contributed by atoms with Crippen molar-refractivity contribution in [1.29, 1.82) is 0 Å². The molecule has 98 valence electrons. The molecule has 17 heavy (non-hydrogen) atoms. The molecule has 0 bridgehead atoms. The summed E-state index contributed by atoms with van der Waals surface area (Å²) in [6.07, 6.45) is -0.450. The molecule has 0 aromatic carbocycles. The van der Waals surface area contributed by atoms with Crippen molar-refractivity contribution in [2.24, 2.45) is 5.92 Å². The summed E-state index contributed by atoms with van der Waals surface area (Å²) in [5.41, 5.74) is 1.03. The number of aliphatic hydroxyl groups is 1. The highest BCUT2D eigenvalue weighted by Gasteiger charge is 2.05. The van der Waals surface area contributed by atoms with Gasteiger partial charge in [0.1, 0.15) is 0 Å². The summed E-state index contributed by atoms with van der Waals surface area (Å²) in [5, 5.41) is 15.9. The molecule has 1 rings (SSSR count). The first-order valence-corrected chi connectivity index (χ1v) is 6.83. The molecule has 1 unspecified atom stereocenters. The number of aliphatic hydroxyl groups excluding tert-OH is 1. The van der Waals surface area contributed by atoms with Crippen molar-refractivity contribution in [1.82, 2.24) is 10.3 Å². The quantitative estimate of drug-likeness (QED) is 0.743. The fraction of sp³-hybridized carbons (Fsp3) is 0.750. The second-order valence-electron chi connectivity index (χ2n) is 4.57. The minimum absolute atomic E-state index is 0.390. The smallest absolute Gasteiger partial charge is 0.0897 e. The number of hydrogen-bond donors (Lipinski definition) is 2. The molecule has 0 radical (unpaired) electrons. The summed E-state index contributed by atoms with van der Waals surface area (Å²) in [4.78, 5) is 4.34. The zero-order valence-electron chi connectivity index (χ0n) is 10.8. The van der Waals surface area contributed by atoms with Crippen LogP contribution in [0.3, 0.4) is 0 Å². The minimum atomic E-state index is -0.450. The van der Waals surface area contributed by atoms with E-state index >= 15 is 0 Å². The molecule has 0 spiro atoms. The summed E-state index contributed by atoms with van der Waals surface area (Å²) in [6.45, 7) is 8.50. The highest BCUT2D eigenvalue weighted by atomic mass is 32.1. The first kappa shape index (κ1) is 14.6. The molecule has 0 aliphatic heterocycles. The van der Waals surface area contributed by atoms with Gasteiger partial charge in [0.25, 0.3) is 0 Å². The minimum Gasteiger partial charge on any atom is -0.389 e. The lowest BCUT2D eigenvalue weighted by atomic mass is 10.2. The Morgan fingerprint density at radius 3 is 2.82 bits per heavy atom. The van der Waals surface area contributed by atoms with Crippen LogP contribution in [-0.2, 0) is 11.3 Å². The number of ether oxygens (including phenoxy) is 1. The van der Waals surface area contributed by atoms with Crippen LogP contribution in [0.1, 0.15) is 24.5 Å². The largest absolute Gasteiger partial charge is 0.389 e. The van der Waals surface area contributed by atoms with Crippen molar-refractivity contribution in [2.45, 2.75) is 33.4 Å². The van der Waals surface area contributed by atoms with Gasteiger partial charge < -0.3 is 15.2 Å². The lowest BCUT2D eigenvalue weighted by Gasteiger charge is -2.12. The Morgan fingerprint density at radius 1 is 1.47 bits per heavy atom. The van der Waals surface area contributed by atoms with Crippen LogP contribution in [0.2, 0.25) is 0 Å². The van der Waals surface area contributed by atoms with Crippen LogP contribution in [0.5, 0.6) is 0 Å². The summed E-state index contributed by atoms with van der Waals surface area (Å²) in [7, 11) is 0. The Bertz CT molecular complexity index is 315. The molecule has 0 amide bonds. The van der Waals surface area contributed by atoms with E-state index in [1.165, 1.54) is 0 Å². The normalized spacial score (nSPS) is 13.2. The standard InChI is InChI=1S/C12H22N2O2S/c1-9(2)6-16-7-12(15)5-13-4-11-8-17-10(3)14-11/h8-9,12-13,15H,4-7H2,1-3H3. The third kappa shape index (κ3) is 6.73. The molecule has 0 saturated carbocycles.